The fourth-order valence-electron chi connectivity index (χ4n) is 1.98. The van der Waals surface area contributed by atoms with Gasteiger partial charge in [-0.05, 0) is 30.7 Å². The third-order valence-electron chi connectivity index (χ3n) is 3.19. The molecule has 0 spiro atoms. The molecule has 0 heterocycles. The molecular weight excluding hydrogens is 337 g/mol. The molecule has 0 aliphatic rings. The number of anilines is 1. The van der Waals surface area contributed by atoms with E-state index in [1.165, 1.54) is 0 Å². The Kier molecular flexibility index (Phi) is 6.13. The number of halogens is 2. The zero-order chi connectivity index (χ0) is 16.8. The molecule has 23 heavy (non-hydrogen) atoms. The van der Waals surface area contributed by atoms with Crippen LogP contribution in [0.3, 0.4) is 0 Å². The quantitative estimate of drug-likeness (QED) is 0.811. The number of rotatable bonds is 6. The minimum atomic E-state index is -0.672. The van der Waals surface area contributed by atoms with Crippen molar-refractivity contribution in [1.82, 2.24) is 0 Å². The van der Waals surface area contributed by atoms with Gasteiger partial charge in [0.05, 0.1) is 22.8 Å². The van der Waals surface area contributed by atoms with Gasteiger partial charge in [0.15, 0.2) is 6.10 Å². The molecule has 0 aliphatic carbocycles. The largest absolute Gasteiger partial charge is 0.497 e. The van der Waals surface area contributed by atoms with E-state index in [0.717, 1.165) is 0 Å². The highest BCUT2D eigenvalue weighted by Crippen LogP contribution is 2.30. The maximum Gasteiger partial charge on any atom is 0.265 e. The lowest BCUT2D eigenvalue weighted by Gasteiger charge is -2.18. The minimum absolute atomic E-state index is 0.315. The molecule has 0 radical (unpaired) electrons. The van der Waals surface area contributed by atoms with Crippen molar-refractivity contribution >= 4 is 34.8 Å². The number of ether oxygens (including phenoxy) is 2. The van der Waals surface area contributed by atoms with E-state index in [4.69, 9.17) is 32.7 Å². The van der Waals surface area contributed by atoms with Crippen LogP contribution in [0.25, 0.3) is 0 Å². The average Bonchev–Trinajstić information content (AvgIpc) is 2.56. The Morgan fingerprint density at radius 3 is 2.35 bits per heavy atom. The van der Waals surface area contributed by atoms with Crippen molar-refractivity contribution in [3.05, 3.63) is 52.5 Å². The molecule has 122 valence electrons. The summed E-state index contributed by atoms with van der Waals surface area (Å²) >= 11 is 12.1. The molecule has 0 bridgehead atoms. The Morgan fingerprint density at radius 1 is 1.13 bits per heavy atom. The van der Waals surface area contributed by atoms with Crippen LogP contribution in [0, 0.1) is 0 Å². The summed E-state index contributed by atoms with van der Waals surface area (Å²) in [6.07, 6.45) is -0.181. The highest BCUT2D eigenvalue weighted by molar-refractivity contribution is 6.39. The van der Waals surface area contributed by atoms with Gasteiger partial charge >= 0.3 is 0 Å². The van der Waals surface area contributed by atoms with Crippen LogP contribution in [0.15, 0.2) is 42.5 Å². The first-order chi connectivity index (χ1) is 11.0. The van der Waals surface area contributed by atoms with E-state index in [1.807, 2.05) is 6.92 Å². The number of carbonyl (C=O) groups excluding carboxylic acids is 1. The lowest BCUT2D eigenvalue weighted by Crippen LogP contribution is -2.32. The molecule has 0 aliphatic heterocycles. The molecule has 0 fully saturated rings. The molecule has 2 aromatic carbocycles. The number of benzene rings is 2. The third kappa shape index (κ3) is 4.53. The van der Waals surface area contributed by atoms with Gasteiger partial charge in [-0.25, -0.2) is 0 Å². The number of carbonyl (C=O) groups is 1. The SMILES string of the molecule is CCC(Oc1cccc(OC)c1)C(=O)Nc1c(Cl)cccc1Cl. The summed E-state index contributed by atoms with van der Waals surface area (Å²) in [6.45, 7) is 1.86. The Labute approximate surface area is 145 Å². The lowest BCUT2D eigenvalue weighted by atomic mass is 10.2. The van der Waals surface area contributed by atoms with E-state index in [1.54, 1.807) is 49.6 Å². The van der Waals surface area contributed by atoms with Crippen LogP contribution in [0.4, 0.5) is 5.69 Å². The van der Waals surface area contributed by atoms with E-state index in [-0.39, 0.29) is 5.91 Å². The van der Waals surface area contributed by atoms with E-state index in [9.17, 15) is 4.79 Å². The van der Waals surface area contributed by atoms with Crippen molar-refractivity contribution in [3.8, 4) is 11.5 Å². The van der Waals surface area contributed by atoms with Gasteiger partial charge < -0.3 is 14.8 Å². The Balaban J connectivity index is 2.12. The molecule has 0 saturated heterocycles. The number of amides is 1. The summed E-state index contributed by atoms with van der Waals surface area (Å²) < 4.78 is 10.9. The molecule has 0 aromatic heterocycles. The smallest absolute Gasteiger partial charge is 0.265 e. The fraction of sp³-hybridized carbons (Fsp3) is 0.235. The van der Waals surface area contributed by atoms with Crippen LogP contribution in [0.5, 0.6) is 11.5 Å². The lowest BCUT2D eigenvalue weighted by molar-refractivity contribution is -0.122. The molecule has 1 unspecified atom stereocenters. The number of hydrogen-bond acceptors (Lipinski definition) is 3. The van der Waals surface area contributed by atoms with E-state index in [0.29, 0.717) is 33.7 Å². The maximum atomic E-state index is 12.4. The van der Waals surface area contributed by atoms with Crippen LogP contribution in [-0.4, -0.2) is 19.1 Å². The molecule has 0 saturated carbocycles. The van der Waals surface area contributed by atoms with Crippen molar-refractivity contribution in [2.75, 3.05) is 12.4 Å². The third-order valence-corrected chi connectivity index (χ3v) is 3.82. The van der Waals surface area contributed by atoms with Crippen LogP contribution in [0.2, 0.25) is 10.0 Å². The summed E-state index contributed by atoms with van der Waals surface area (Å²) in [5.74, 6) is 0.897. The van der Waals surface area contributed by atoms with Crippen molar-refractivity contribution in [3.63, 3.8) is 0 Å². The van der Waals surface area contributed by atoms with Gasteiger partial charge in [-0.15, -0.1) is 0 Å². The monoisotopic (exact) mass is 353 g/mol. The van der Waals surface area contributed by atoms with E-state index < -0.39 is 6.10 Å². The van der Waals surface area contributed by atoms with Gasteiger partial charge in [-0.1, -0.05) is 42.3 Å². The van der Waals surface area contributed by atoms with Gasteiger partial charge in [-0.2, -0.15) is 0 Å². The van der Waals surface area contributed by atoms with E-state index >= 15 is 0 Å². The molecule has 6 heteroatoms. The number of para-hydroxylation sites is 1. The van der Waals surface area contributed by atoms with Gasteiger partial charge in [-0.3, -0.25) is 4.79 Å². The fourth-order valence-corrected chi connectivity index (χ4v) is 2.47. The second kappa shape index (κ2) is 8.09. The minimum Gasteiger partial charge on any atom is -0.497 e. The van der Waals surface area contributed by atoms with Crippen molar-refractivity contribution in [1.29, 1.82) is 0 Å². The second-order valence-corrected chi connectivity index (χ2v) is 5.59. The zero-order valence-electron chi connectivity index (χ0n) is 12.8. The molecular formula is C17H17Cl2NO3. The standard InChI is InChI=1S/C17H17Cl2NO3/c1-3-15(23-12-7-4-6-11(10-12)22-2)17(21)20-16-13(18)8-5-9-14(16)19/h4-10,15H,3H2,1-2H3,(H,20,21). The molecule has 2 rings (SSSR count). The average molecular weight is 354 g/mol. The first kappa shape index (κ1) is 17.4. The zero-order valence-corrected chi connectivity index (χ0v) is 14.3. The van der Waals surface area contributed by atoms with Crippen molar-refractivity contribution < 1.29 is 14.3 Å². The molecule has 2 aromatic rings. The van der Waals surface area contributed by atoms with Gasteiger partial charge in [0.1, 0.15) is 11.5 Å². The number of nitrogens with one attached hydrogen (secondary N) is 1. The Hall–Kier alpha value is -1.91. The first-order valence-corrected chi connectivity index (χ1v) is 7.86. The molecule has 4 nitrogen and oxygen atoms in total. The van der Waals surface area contributed by atoms with Crippen LogP contribution < -0.4 is 14.8 Å². The molecule has 1 N–H and O–H groups in total. The van der Waals surface area contributed by atoms with Gasteiger partial charge in [0.25, 0.3) is 5.91 Å². The molecule has 1 atom stereocenters. The Morgan fingerprint density at radius 2 is 1.74 bits per heavy atom. The predicted molar refractivity (Wildman–Crippen MR) is 92.8 cm³/mol. The highest BCUT2D eigenvalue weighted by Gasteiger charge is 2.20. The first-order valence-electron chi connectivity index (χ1n) is 7.10. The Bertz CT molecular complexity index is 671. The maximum absolute atomic E-state index is 12.4. The molecule has 1 amide bonds. The van der Waals surface area contributed by atoms with Gasteiger partial charge in [0.2, 0.25) is 0 Å². The summed E-state index contributed by atoms with van der Waals surface area (Å²) in [5.41, 5.74) is 0.383. The van der Waals surface area contributed by atoms with Crippen molar-refractivity contribution in [2.45, 2.75) is 19.4 Å². The second-order valence-electron chi connectivity index (χ2n) is 4.78. The summed E-state index contributed by atoms with van der Waals surface area (Å²) in [7, 11) is 1.57. The normalized spacial score (nSPS) is 11.7. The van der Waals surface area contributed by atoms with Gasteiger partial charge in [0, 0.05) is 6.07 Å². The van der Waals surface area contributed by atoms with Crippen LogP contribution in [-0.2, 0) is 4.79 Å². The topological polar surface area (TPSA) is 47.6 Å². The number of hydrogen-bond donors (Lipinski definition) is 1. The van der Waals surface area contributed by atoms with Crippen LogP contribution in [0.1, 0.15) is 13.3 Å². The summed E-state index contributed by atoms with van der Waals surface area (Å²) in [6, 6.07) is 12.1. The number of methoxy groups -OCH3 is 1. The van der Waals surface area contributed by atoms with Crippen LogP contribution >= 0.6 is 23.2 Å². The predicted octanol–water partition coefficient (Wildman–Crippen LogP) is 4.80. The van der Waals surface area contributed by atoms with E-state index in [2.05, 4.69) is 5.32 Å². The van der Waals surface area contributed by atoms with Crippen molar-refractivity contribution in [2.24, 2.45) is 0 Å². The highest BCUT2D eigenvalue weighted by atomic mass is 35.5. The summed E-state index contributed by atoms with van der Waals surface area (Å²) in [4.78, 5) is 12.4. The summed E-state index contributed by atoms with van der Waals surface area (Å²) in [5, 5.41) is 3.47.